The van der Waals surface area contributed by atoms with Gasteiger partial charge in [-0.15, -0.1) is 0 Å². The van der Waals surface area contributed by atoms with E-state index < -0.39 is 5.97 Å². The Kier molecular flexibility index (Phi) is 14.6. The van der Waals surface area contributed by atoms with Gasteiger partial charge in [-0.3, -0.25) is 28.6 Å². The standard InChI is InChI=1S/C33H46N4O6S2/c1-4-17-36-29(35-19-15-24(16-20-35)32(42)43-5-2)25(23(3)26(22-34)30(36)40)21-27-31(41)37(33(44)45-27)18-13-11-9-7-6-8-10-12-14-28(38)39/h21,24H,4-20H2,1-3H3,(H,38,39). The summed E-state index contributed by atoms with van der Waals surface area (Å²) in [7, 11) is 0. The van der Waals surface area contributed by atoms with Gasteiger partial charge in [0.05, 0.1) is 17.4 Å². The van der Waals surface area contributed by atoms with E-state index in [2.05, 4.69) is 11.0 Å². The number of carboxylic acids is 1. The van der Waals surface area contributed by atoms with E-state index in [1.165, 1.54) is 11.8 Å². The highest BCUT2D eigenvalue weighted by Crippen LogP contribution is 2.37. The van der Waals surface area contributed by atoms with E-state index in [9.17, 15) is 24.4 Å². The molecule has 0 radical (unpaired) electrons. The average Bonchev–Trinajstić information content (AvgIpc) is 3.28. The molecule has 2 aliphatic heterocycles. The maximum Gasteiger partial charge on any atom is 0.309 e. The molecule has 0 spiro atoms. The van der Waals surface area contributed by atoms with Crippen LogP contribution in [0.4, 0.5) is 5.82 Å². The van der Waals surface area contributed by atoms with Crippen LogP contribution in [-0.4, -0.2) is 63.0 Å². The zero-order chi connectivity index (χ0) is 32.9. The van der Waals surface area contributed by atoms with Crippen LogP contribution in [-0.2, 0) is 25.7 Å². The zero-order valence-electron chi connectivity index (χ0n) is 26.8. The summed E-state index contributed by atoms with van der Waals surface area (Å²) in [4.78, 5) is 54.2. The van der Waals surface area contributed by atoms with E-state index >= 15 is 0 Å². The van der Waals surface area contributed by atoms with Crippen LogP contribution in [0.25, 0.3) is 6.08 Å². The lowest BCUT2D eigenvalue weighted by Gasteiger charge is -2.35. The van der Waals surface area contributed by atoms with Gasteiger partial charge in [-0.1, -0.05) is 69.4 Å². The van der Waals surface area contributed by atoms with Crippen LogP contribution in [0.2, 0.25) is 0 Å². The second-order valence-electron chi connectivity index (χ2n) is 11.6. The maximum atomic E-state index is 13.6. The minimum atomic E-state index is -0.740. The predicted octanol–water partition coefficient (Wildman–Crippen LogP) is 6.01. The van der Waals surface area contributed by atoms with Crippen molar-refractivity contribution in [1.82, 2.24) is 9.47 Å². The van der Waals surface area contributed by atoms with Crippen LogP contribution in [0.3, 0.4) is 0 Å². The number of rotatable bonds is 17. The first-order chi connectivity index (χ1) is 21.6. The Morgan fingerprint density at radius 1 is 1.04 bits per heavy atom. The van der Waals surface area contributed by atoms with E-state index in [1.54, 1.807) is 29.4 Å². The highest BCUT2D eigenvalue weighted by Gasteiger charge is 2.34. The zero-order valence-corrected chi connectivity index (χ0v) is 28.4. The molecule has 3 rings (SSSR count). The molecule has 246 valence electrons. The molecule has 10 nitrogen and oxygen atoms in total. The van der Waals surface area contributed by atoms with Crippen molar-refractivity contribution in [2.75, 3.05) is 31.1 Å². The molecule has 2 fully saturated rings. The normalized spacial score (nSPS) is 16.4. The van der Waals surface area contributed by atoms with Crippen molar-refractivity contribution < 1.29 is 24.2 Å². The van der Waals surface area contributed by atoms with Gasteiger partial charge in [0.1, 0.15) is 21.8 Å². The average molecular weight is 659 g/mol. The molecule has 0 saturated carbocycles. The van der Waals surface area contributed by atoms with E-state index in [4.69, 9.17) is 22.1 Å². The van der Waals surface area contributed by atoms with Crippen LogP contribution >= 0.6 is 24.0 Å². The van der Waals surface area contributed by atoms with Gasteiger partial charge in [-0.2, -0.15) is 5.26 Å². The van der Waals surface area contributed by atoms with Crippen molar-refractivity contribution in [3.63, 3.8) is 0 Å². The van der Waals surface area contributed by atoms with Gasteiger partial charge < -0.3 is 14.7 Å². The number of thiocarbonyl (C=S) groups is 1. The van der Waals surface area contributed by atoms with Gasteiger partial charge >= 0.3 is 11.9 Å². The molecule has 0 aliphatic carbocycles. The molecule has 1 aromatic rings. The molecule has 2 saturated heterocycles. The van der Waals surface area contributed by atoms with Crippen LogP contribution in [0, 0.1) is 24.2 Å². The van der Waals surface area contributed by atoms with Crippen LogP contribution in [0.5, 0.6) is 0 Å². The molecule has 1 aromatic heterocycles. The van der Waals surface area contributed by atoms with Crippen molar-refractivity contribution in [1.29, 1.82) is 5.26 Å². The first-order valence-electron chi connectivity index (χ1n) is 16.2. The Hall–Kier alpha value is -3.17. The lowest BCUT2D eigenvalue weighted by molar-refractivity contribution is -0.148. The van der Waals surface area contributed by atoms with Gasteiger partial charge in [0.15, 0.2) is 0 Å². The fourth-order valence-electron chi connectivity index (χ4n) is 5.93. The minimum absolute atomic E-state index is 0.0669. The molecule has 0 unspecified atom stereocenters. The van der Waals surface area contributed by atoms with Gasteiger partial charge in [0.2, 0.25) is 0 Å². The summed E-state index contributed by atoms with van der Waals surface area (Å²) in [6.07, 6.45) is 11.6. The first kappa shape index (κ1) is 36.3. The number of esters is 1. The summed E-state index contributed by atoms with van der Waals surface area (Å²) in [6.45, 7) is 7.90. The van der Waals surface area contributed by atoms with Gasteiger partial charge in [0.25, 0.3) is 11.5 Å². The molecular formula is C33H46N4O6S2. The third-order valence-corrected chi connectivity index (χ3v) is 9.76. The molecule has 1 amide bonds. The number of unbranched alkanes of at least 4 members (excludes halogenated alkanes) is 7. The Labute approximate surface area is 275 Å². The monoisotopic (exact) mass is 658 g/mol. The number of aromatic nitrogens is 1. The third kappa shape index (κ3) is 9.66. The quantitative estimate of drug-likeness (QED) is 0.0918. The number of thioether (sulfide) groups is 1. The number of piperidine rings is 1. The first-order valence-corrected chi connectivity index (χ1v) is 17.4. The van der Waals surface area contributed by atoms with Crippen molar-refractivity contribution in [2.24, 2.45) is 5.92 Å². The molecule has 2 aliphatic rings. The van der Waals surface area contributed by atoms with Crippen LogP contribution in [0.1, 0.15) is 108 Å². The van der Waals surface area contributed by atoms with Gasteiger partial charge in [0, 0.05) is 38.2 Å². The van der Waals surface area contributed by atoms with Crippen LogP contribution < -0.4 is 10.5 Å². The summed E-state index contributed by atoms with van der Waals surface area (Å²) in [5.41, 5.74) is 0.921. The smallest absolute Gasteiger partial charge is 0.309 e. The molecule has 0 atom stereocenters. The van der Waals surface area contributed by atoms with Crippen molar-refractivity contribution in [2.45, 2.75) is 104 Å². The number of carbonyl (C=O) groups is 3. The molecule has 12 heteroatoms. The maximum absolute atomic E-state index is 13.6. The van der Waals surface area contributed by atoms with E-state index in [0.717, 1.165) is 51.4 Å². The number of ether oxygens (including phenoxy) is 1. The number of carboxylic acid groups (broad SMARTS) is 1. The number of pyridine rings is 1. The van der Waals surface area contributed by atoms with Crippen molar-refractivity contribution in [3.8, 4) is 6.07 Å². The Morgan fingerprint density at radius 3 is 2.24 bits per heavy atom. The predicted molar refractivity (Wildman–Crippen MR) is 181 cm³/mol. The number of hydrogen-bond acceptors (Lipinski definition) is 9. The van der Waals surface area contributed by atoms with E-state index in [0.29, 0.717) is 78.2 Å². The molecule has 45 heavy (non-hydrogen) atoms. The SMILES string of the molecule is CCCn1c(N2CCC(C(=O)OCC)CC2)c(C=C2SC(=S)N(CCCCCCCCCCC(=O)O)C2=O)c(C)c(C#N)c1=O. The Morgan fingerprint density at radius 2 is 1.67 bits per heavy atom. The highest BCUT2D eigenvalue weighted by atomic mass is 32.2. The minimum Gasteiger partial charge on any atom is -0.481 e. The molecule has 0 aromatic carbocycles. The second-order valence-corrected chi connectivity index (χ2v) is 13.3. The largest absolute Gasteiger partial charge is 0.481 e. The van der Waals surface area contributed by atoms with Crippen molar-refractivity contribution >= 4 is 58.0 Å². The molecule has 3 heterocycles. The van der Waals surface area contributed by atoms with Crippen LogP contribution in [0.15, 0.2) is 9.70 Å². The molecule has 0 bridgehead atoms. The number of anilines is 1. The number of carbonyl (C=O) groups excluding carboxylic acids is 2. The van der Waals surface area contributed by atoms with E-state index in [-0.39, 0.29) is 35.3 Å². The fraction of sp³-hybridized carbons (Fsp3) is 0.636. The number of aliphatic carboxylic acids is 1. The molecular weight excluding hydrogens is 613 g/mol. The van der Waals surface area contributed by atoms with Crippen molar-refractivity contribution in [3.05, 3.63) is 31.9 Å². The second kappa shape index (κ2) is 18.1. The van der Waals surface area contributed by atoms with E-state index in [1.807, 2.05) is 6.92 Å². The number of amides is 1. The summed E-state index contributed by atoms with van der Waals surface area (Å²) in [5.74, 6) is -0.627. The Bertz CT molecular complexity index is 1370. The summed E-state index contributed by atoms with van der Waals surface area (Å²) in [5, 5.41) is 18.6. The topological polar surface area (TPSA) is 133 Å². The number of hydrogen-bond donors (Lipinski definition) is 1. The van der Waals surface area contributed by atoms with Gasteiger partial charge in [-0.25, -0.2) is 0 Å². The lowest BCUT2D eigenvalue weighted by atomic mass is 9.95. The fourth-order valence-corrected chi connectivity index (χ4v) is 7.22. The third-order valence-electron chi connectivity index (χ3n) is 8.38. The Balaban J connectivity index is 1.75. The highest BCUT2D eigenvalue weighted by molar-refractivity contribution is 8.26. The number of nitriles is 1. The summed E-state index contributed by atoms with van der Waals surface area (Å²) >= 11 is 6.85. The van der Waals surface area contributed by atoms with Gasteiger partial charge in [-0.05, 0) is 57.6 Å². The summed E-state index contributed by atoms with van der Waals surface area (Å²) < 4.78 is 7.39. The lowest BCUT2D eigenvalue weighted by Crippen LogP contribution is -2.41. The molecule has 1 N–H and O–H groups in total. The number of nitrogens with zero attached hydrogens (tertiary/aromatic N) is 4. The summed E-state index contributed by atoms with van der Waals surface area (Å²) in [6, 6.07) is 2.09.